The van der Waals surface area contributed by atoms with E-state index in [0.717, 1.165) is 37.1 Å². The van der Waals surface area contributed by atoms with Gasteiger partial charge in [0.05, 0.1) is 11.6 Å². The van der Waals surface area contributed by atoms with Gasteiger partial charge in [-0.3, -0.25) is 4.98 Å². The van der Waals surface area contributed by atoms with Crippen molar-refractivity contribution < 1.29 is 4.74 Å². The lowest BCUT2D eigenvalue weighted by atomic mass is 10.1. The minimum Gasteiger partial charge on any atom is -0.379 e. The molecule has 0 aliphatic carbocycles. The van der Waals surface area contributed by atoms with Crippen LogP contribution in [-0.4, -0.2) is 17.7 Å². The number of nitrogens with zero attached hydrogens (tertiary/aromatic N) is 1. The quantitative estimate of drug-likeness (QED) is 0.312. The van der Waals surface area contributed by atoms with Crippen LogP contribution in [0.25, 0.3) is 17.0 Å². The number of benzene rings is 1. The molecule has 0 saturated carbocycles. The van der Waals surface area contributed by atoms with Gasteiger partial charge < -0.3 is 4.74 Å². The van der Waals surface area contributed by atoms with E-state index in [4.69, 9.17) is 4.74 Å². The number of rotatable bonds is 12. The molecule has 2 nitrogen and oxygen atoms in total. The fourth-order valence-electron chi connectivity index (χ4n) is 3.01. The van der Waals surface area contributed by atoms with Crippen LogP contribution in [0.4, 0.5) is 0 Å². The van der Waals surface area contributed by atoms with E-state index in [-0.39, 0.29) is 0 Å². The zero-order valence-electron chi connectivity index (χ0n) is 16.4. The molecular formula is C24H33NO. The second kappa shape index (κ2) is 11.6. The molecule has 0 spiro atoms. The molecule has 140 valence electrons. The van der Waals surface area contributed by atoms with Crippen molar-refractivity contribution in [2.24, 2.45) is 0 Å². The van der Waals surface area contributed by atoms with Crippen molar-refractivity contribution in [2.75, 3.05) is 6.61 Å². The number of unbranched alkanes of at least 4 members (excludes halogenated alkanes) is 3. The Morgan fingerprint density at radius 2 is 2.04 bits per heavy atom. The average molecular weight is 352 g/mol. The van der Waals surface area contributed by atoms with Crippen LogP contribution in [0.3, 0.4) is 0 Å². The predicted molar refractivity (Wildman–Crippen MR) is 113 cm³/mol. The summed E-state index contributed by atoms with van der Waals surface area (Å²) >= 11 is 0. The molecule has 2 heteroatoms. The lowest BCUT2D eigenvalue weighted by molar-refractivity contribution is 0.0566. The van der Waals surface area contributed by atoms with Crippen LogP contribution in [0.1, 0.15) is 63.6 Å². The summed E-state index contributed by atoms with van der Waals surface area (Å²) in [5.74, 6) is 0. The minimum absolute atomic E-state index is 0.372. The van der Waals surface area contributed by atoms with Gasteiger partial charge in [-0.05, 0) is 56.4 Å². The van der Waals surface area contributed by atoms with Crippen LogP contribution in [-0.2, 0) is 11.2 Å². The summed E-state index contributed by atoms with van der Waals surface area (Å²) in [5.41, 5.74) is 3.36. The molecular weight excluding hydrogens is 318 g/mol. The van der Waals surface area contributed by atoms with Crippen LogP contribution in [0.5, 0.6) is 0 Å². The largest absolute Gasteiger partial charge is 0.379 e. The van der Waals surface area contributed by atoms with Gasteiger partial charge in [0.25, 0.3) is 0 Å². The lowest BCUT2D eigenvalue weighted by Gasteiger charge is -2.12. The molecule has 1 aromatic heterocycles. The number of pyridine rings is 1. The third-order valence-corrected chi connectivity index (χ3v) is 4.57. The molecule has 1 aromatic carbocycles. The standard InChI is InChI=1S/C24H33NO/c1-4-6-10-18-26-20(3)12-8-7-9-13-21-14-17-24-22(19-21)15-16-23(25-24)11-5-2/h5,9,13-17,19-20H,2,4,6-8,10-12,18H2,1,3H3/b13-9+. The van der Waals surface area contributed by atoms with Gasteiger partial charge >= 0.3 is 0 Å². The van der Waals surface area contributed by atoms with Crippen LogP contribution in [0.2, 0.25) is 0 Å². The Morgan fingerprint density at radius 3 is 2.85 bits per heavy atom. The molecule has 0 fully saturated rings. The highest BCUT2D eigenvalue weighted by Crippen LogP contribution is 2.17. The van der Waals surface area contributed by atoms with Crippen molar-refractivity contribution in [1.82, 2.24) is 4.98 Å². The van der Waals surface area contributed by atoms with Crippen molar-refractivity contribution in [1.29, 1.82) is 0 Å². The summed E-state index contributed by atoms with van der Waals surface area (Å²) in [4.78, 5) is 4.66. The molecule has 1 heterocycles. The van der Waals surface area contributed by atoms with Gasteiger partial charge in [-0.2, -0.15) is 0 Å². The van der Waals surface area contributed by atoms with E-state index in [1.807, 2.05) is 6.08 Å². The summed E-state index contributed by atoms with van der Waals surface area (Å²) < 4.78 is 5.85. The maximum absolute atomic E-state index is 5.85. The van der Waals surface area contributed by atoms with Gasteiger partial charge in [-0.15, -0.1) is 6.58 Å². The lowest BCUT2D eigenvalue weighted by Crippen LogP contribution is -2.08. The zero-order valence-corrected chi connectivity index (χ0v) is 16.4. The summed E-state index contributed by atoms with van der Waals surface area (Å²) in [5, 5.41) is 1.19. The van der Waals surface area contributed by atoms with Gasteiger partial charge in [-0.1, -0.05) is 50.1 Å². The summed E-state index contributed by atoms with van der Waals surface area (Å²) in [6.07, 6.45) is 14.7. The zero-order chi connectivity index (χ0) is 18.6. The molecule has 2 aromatic rings. The molecule has 1 unspecified atom stereocenters. The molecule has 2 rings (SSSR count). The second-order valence-corrected chi connectivity index (χ2v) is 6.97. The topological polar surface area (TPSA) is 22.1 Å². The fourth-order valence-corrected chi connectivity index (χ4v) is 3.01. The first kappa shape index (κ1) is 20.4. The van der Waals surface area contributed by atoms with Crippen molar-refractivity contribution in [3.05, 3.63) is 60.3 Å². The molecule has 0 N–H and O–H groups in total. The Morgan fingerprint density at radius 1 is 1.15 bits per heavy atom. The molecule has 0 amide bonds. The fraction of sp³-hybridized carbons (Fsp3) is 0.458. The van der Waals surface area contributed by atoms with E-state index in [1.165, 1.54) is 36.6 Å². The van der Waals surface area contributed by atoms with E-state index >= 15 is 0 Å². The number of aromatic nitrogens is 1. The third-order valence-electron chi connectivity index (χ3n) is 4.57. The number of hydrogen-bond acceptors (Lipinski definition) is 2. The molecule has 0 saturated heterocycles. The maximum Gasteiger partial charge on any atom is 0.0705 e. The Kier molecular flexibility index (Phi) is 9.13. The third kappa shape index (κ3) is 7.13. The van der Waals surface area contributed by atoms with Crippen molar-refractivity contribution in [2.45, 2.75) is 64.9 Å². The number of allylic oxidation sites excluding steroid dienone is 2. The highest BCUT2D eigenvalue weighted by molar-refractivity contribution is 5.81. The second-order valence-electron chi connectivity index (χ2n) is 6.97. The number of hydrogen-bond donors (Lipinski definition) is 0. The first-order valence-corrected chi connectivity index (χ1v) is 10.0. The molecule has 0 bridgehead atoms. The normalized spacial score (nSPS) is 12.7. The first-order valence-electron chi connectivity index (χ1n) is 10.0. The summed E-state index contributed by atoms with van der Waals surface area (Å²) in [7, 11) is 0. The molecule has 1 atom stereocenters. The van der Waals surface area contributed by atoms with E-state index in [2.05, 4.69) is 67.9 Å². The van der Waals surface area contributed by atoms with Crippen molar-refractivity contribution in [3.8, 4) is 0 Å². The van der Waals surface area contributed by atoms with Gasteiger partial charge in [-0.25, -0.2) is 0 Å². The van der Waals surface area contributed by atoms with E-state index in [1.54, 1.807) is 0 Å². The Labute approximate surface area is 159 Å². The average Bonchev–Trinajstić information content (AvgIpc) is 2.65. The number of ether oxygens (including phenoxy) is 1. The van der Waals surface area contributed by atoms with Crippen LogP contribution < -0.4 is 0 Å². The molecule has 0 aliphatic heterocycles. The highest BCUT2D eigenvalue weighted by atomic mass is 16.5. The highest BCUT2D eigenvalue weighted by Gasteiger charge is 2.01. The van der Waals surface area contributed by atoms with E-state index in [9.17, 15) is 0 Å². The van der Waals surface area contributed by atoms with Crippen LogP contribution >= 0.6 is 0 Å². The Hall–Kier alpha value is -1.93. The molecule has 26 heavy (non-hydrogen) atoms. The maximum atomic E-state index is 5.85. The van der Waals surface area contributed by atoms with Crippen molar-refractivity contribution in [3.63, 3.8) is 0 Å². The van der Waals surface area contributed by atoms with Gasteiger partial charge in [0.1, 0.15) is 0 Å². The van der Waals surface area contributed by atoms with E-state index in [0.29, 0.717) is 6.10 Å². The number of fused-ring (bicyclic) bond motifs is 1. The molecule has 0 aliphatic rings. The predicted octanol–water partition coefficient (Wildman–Crippen LogP) is 6.74. The smallest absolute Gasteiger partial charge is 0.0705 e. The summed E-state index contributed by atoms with van der Waals surface area (Å²) in [6.45, 7) is 9.09. The van der Waals surface area contributed by atoms with Gasteiger partial charge in [0, 0.05) is 24.1 Å². The summed E-state index contributed by atoms with van der Waals surface area (Å²) in [6, 6.07) is 10.7. The van der Waals surface area contributed by atoms with Gasteiger partial charge in [0.2, 0.25) is 0 Å². The van der Waals surface area contributed by atoms with E-state index < -0.39 is 0 Å². The minimum atomic E-state index is 0.372. The Balaban J connectivity index is 1.75. The van der Waals surface area contributed by atoms with Gasteiger partial charge in [0.15, 0.2) is 0 Å². The first-order chi connectivity index (χ1) is 12.7. The Bertz CT molecular complexity index is 704. The van der Waals surface area contributed by atoms with Crippen molar-refractivity contribution >= 4 is 17.0 Å². The van der Waals surface area contributed by atoms with Crippen LogP contribution in [0, 0.1) is 0 Å². The monoisotopic (exact) mass is 351 g/mol. The molecule has 0 radical (unpaired) electrons. The SMILES string of the molecule is C=CCc1ccc2cc(/C=C/CCCC(C)OCCCCC)ccc2n1. The van der Waals surface area contributed by atoms with Crippen LogP contribution in [0.15, 0.2) is 49.1 Å².